The molecule has 3 nitrogen and oxygen atoms in total. The van der Waals surface area contributed by atoms with Gasteiger partial charge in [0, 0.05) is 12.5 Å². The van der Waals surface area contributed by atoms with Crippen molar-refractivity contribution in [3.8, 4) is 5.75 Å². The number of hydrogen-bond acceptors (Lipinski definition) is 3. The Morgan fingerprint density at radius 3 is 2.33 bits per heavy atom. The molecule has 0 bridgehead atoms. The fourth-order valence-corrected chi connectivity index (χ4v) is 2.46. The summed E-state index contributed by atoms with van der Waals surface area (Å²) in [7, 11) is 0. The third kappa shape index (κ3) is 9.39. The zero-order chi connectivity index (χ0) is 17.6. The lowest BCUT2D eigenvalue weighted by Gasteiger charge is -2.15. The van der Waals surface area contributed by atoms with E-state index in [9.17, 15) is 4.79 Å². The van der Waals surface area contributed by atoms with E-state index in [1.807, 2.05) is 36.4 Å². The van der Waals surface area contributed by atoms with Crippen LogP contribution in [0.4, 0.5) is 0 Å². The van der Waals surface area contributed by atoms with Gasteiger partial charge < -0.3 is 9.47 Å². The zero-order valence-corrected chi connectivity index (χ0v) is 15.4. The number of carbonyl (C=O) groups excluding carboxylic acids is 1. The third-order valence-electron chi connectivity index (χ3n) is 3.90. The minimum atomic E-state index is -0.596. The number of hydrogen-bond donors (Lipinski definition) is 0. The van der Waals surface area contributed by atoms with Crippen molar-refractivity contribution in [3.63, 3.8) is 0 Å². The van der Waals surface area contributed by atoms with Gasteiger partial charge in [0.05, 0.1) is 0 Å². The molecule has 0 amide bonds. The summed E-state index contributed by atoms with van der Waals surface area (Å²) in [5, 5.41) is 0. The first-order chi connectivity index (χ1) is 11.6. The number of carbonyl (C=O) groups is 1. The van der Waals surface area contributed by atoms with Crippen LogP contribution < -0.4 is 4.74 Å². The number of unbranched alkanes of at least 4 members (excludes halogenated alkanes) is 7. The molecule has 0 N–H and O–H groups in total. The molecule has 1 atom stereocenters. The number of benzene rings is 1. The van der Waals surface area contributed by atoms with E-state index >= 15 is 0 Å². The number of rotatable bonds is 12. The van der Waals surface area contributed by atoms with Crippen LogP contribution in [0.5, 0.6) is 5.75 Å². The molecule has 0 saturated heterocycles. The lowest BCUT2D eigenvalue weighted by atomic mass is 10.1. The van der Waals surface area contributed by atoms with Crippen LogP contribution in [-0.2, 0) is 9.53 Å². The fourth-order valence-electron chi connectivity index (χ4n) is 2.46. The van der Waals surface area contributed by atoms with Crippen molar-refractivity contribution in [1.29, 1.82) is 0 Å². The topological polar surface area (TPSA) is 35.5 Å². The molecule has 1 rings (SSSR count). The molecular weight excluding hydrogens is 300 g/mol. The Morgan fingerprint density at radius 1 is 1.04 bits per heavy atom. The molecule has 0 aromatic heterocycles. The van der Waals surface area contributed by atoms with Gasteiger partial charge in [-0.1, -0.05) is 69.7 Å². The summed E-state index contributed by atoms with van der Waals surface area (Å²) in [6.45, 7) is 5.77. The van der Waals surface area contributed by atoms with Crippen LogP contribution >= 0.6 is 0 Å². The van der Waals surface area contributed by atoms with Crippen LogP contribution in [-0.4, -0.2) is 12.3 Å². The minimum Gasteiger partial charge on any atom is -0.455 e. The van der Waals surface area contributed by atoms with Gasteiger partial charge in [-0.15, -0.1) is 0 Å². The minimum absolute atomic E-state index is 0.304. The normalized spacial score (nSPS) is 12.7. The number of esters is 1. The molecule has 0 aliphatic heterocycles. The highest BCUT2D eigenvalue weighted by Crippen LogP contribution is 2.13. The SMILES string of the molecule is CCCCCCCCC/C=C(\C)C(=O)OC(C)Oc1ccccc1. The van der Waals surface area contributed by atoms with E-state index in [1.54, 1.807) is 13.8 Å². The van der Waals surface area contributed by atoms with E-state index in [1.165, 1.54) is 38.5 Å². The number of para-hydroxylation sites is 1. The Kier molecular flexibility index (Phi) is 10.7. The van der Waals surface area contributed by atoms with E-state index in [-0.39, 0.29) is 5.97 Å². The standard InChI is InChI=1S/C21H32O3/c1-4-5-6-7-8-9-10-12-15-18(2)21(22)24-19(3)23-20-16-13-11-14-17-20/h11,13-17,19H,4-10,12H2,1-3H3/b18-15+. The summed E-state index contributed by atoms with van der Waals surface area (Å²) >= 11 is 0. The summed E-state index contributed by atoms with van der Waals surface area (Å²) in [5.41, 5.74) is 0.657. The largest absolute Gasteiger partial charge is 0.455 e. The molecule has 134 valence electrons. The molecule has 0 radical (unpaired) electrons. The van der Waals surface area contributed by atoms with E-state index in [4.69, 9.17) is 9.47 Å². The molecule has 0 spiro atoms. The van der Waals surface area contributed by atoms with Crippen molar-refractivity contribution < 1.29 is 14.3 Å². The lowest BCUT2D eigenvalue weighted by Crippen LogP contribution is -2.21. The maximum absolute atomic E-state index is 12.0. The molecular formula is C21H32O3. The first-order valence-corrected chi connectivity index (χ1v) is 9.23. The molecule has 3 heteroatoms. The monoisotopic (exact) mass is 332 g/mol. The Bertz CT molecular complexity index is 479. The van der Waals surface area contributed by atoms with Crippen LogP contribution in [0.3, 0.4) is 0 Å². The second-order valence-electron chi connectivity index (χ2n) is 6.20. The maximum atomic E-state index is 12.0. The van der Waals surface area contributed by atoms with Gasteiger partial charge in [-0.2, -0.15) is 0 Å². The third-order valence-corrected chi connectivity index (χ3v) is 3.90. The molecule has 0 saturated carbocycles. The van der Waals surface area contributed by atoms with Crippen LogP contribution in [0.2, 0.25) is 0 Å². The predicted octanol–water partition coefficient (Wildman–Crippen LogP) is 6.04. The molecule has 0 aliphatic carbocycles. The zero-order valence-electron chi connectivity index (χ0n) is 15.4. The van der Waals surface area contributed by atoms with Crippen molar-refractivity contribution in [1.82, 2.24) is 0 Å². The van der Waals surface area contributed by atoms with Gasteiger partial charge in [0.15, 0.2) is 0 Å². The Balaban J connectivity index is 2.18. The summed E-state index contributed by atoms with van der Waals surface area (Å²) in [4.78, 5) is 12.0. The van der Waals surface area contributed by atoms with Crippen LogP contribution in [0.1, 0.15) is 72.1 Å². The average molecular weight is 332 g/mol. The Morgan fingerprint density at radius 2 is 1.67 bits per heavy atom. The van der Waals surface area contributed by atoms with Crippen molar-refractivity contribution in [2.24, 2.45) is 0 Å². The first kappa shape index (κ1) is 20.3. The van der Waals surface area contributed by atoms with E-state index < -0.39 is 6.29 Å². The molecule has 24 heavy (non-hydrogen) atoms. The van der Waals surface area contributed by atoms with Crippen molar-refractivity contribution in [2.45, 2.75) is 78.4 Å². The molecule has 0 heterocycles. The van der Waals surface area contributed by atoms with Gasteiger partial charge in [-0.25, -0.2) is 4.79 Å². The highest BCUT2D eigenvalue weighted by Gasteiger charge is 2.12. The lowest BCUT2D eigenvalue weighted by molar-refractivity contribution is -0.156. The molecule has 1 aromatic carbocycles. The van der Waals surface area contributed by atoms with Crippen molar-refractivity contribution in [3.05, 3.63) is 42.0 Å². The smallest absolute Gasteiger partial charge is 0.336 e. The fraction of sp³-hybridized carbons (Fsp3) is 0.571. The predicted molar refractivity (Wildman–Crippen MR) is 99.0 cm³/mol. The van der Waals surface area contributed by atoms with Crippen molar-refractivity contribution >= 4 is 5.97 Å². The van der Waals surface area contributed by atoms with Gasteiger partial charge >= 0.3 is 5.97 Å². The number of ether oxygens (including phenoxy) is 2. The number of allylic oxidation sites excluding steroid dienone is 1. The van der Waals surface area contributed by atoms with E-state index in [0.717, 1.165) is 12.8 Å². The van der Waals surface area contributed by atoms with Crippen LogP contribution in [0.15, 0.2) is 42.0 Å². The van der Waals surface area contributed by atoms with Gasteiger partial charge in [-0.3, -0.25) is 0 Å². The van der Waals surface area contributed by atoms with E-state index in [0.29, 0.717) is 11.3 Å². The van der Waals surface area contributed by atoms with E-state index in [2.05, 4.69) is 6.92 Å². The maximum Gasteiger partial charge on any atom is 0.336 e. The van der Waals surface area contributed by atoms with Crippen molar-refractivity contribution in [2.75, 3.05) is 0 Å². The first-order valence-electron chi connectivity index (χ1n) is 9.23. The average Bonchev–Trinajstić information content (AvgIpc) is 2.57. The van der Waals surface area contributed by atoms with Gasteiger partial charge in [-0.05, 0) is 31.9 Å². The van der Waals surface area contributed by atoms with Gasteiger partial charge in [0.2, 0.25) is 6.29 Å². The summed E-state index contributed by atoms with van der Waals surface area (Å²) in [6.07, 6.45) is 11.3. The molecule has 0 fully saturated rings. The summed E-state index contributed by atoms with van der Waals surface area (Å²) < 4.78 is 10.9. The molecule has 1 unspecified atom stereocenters. The quantitative estimate of drug-likeness (QED) is 0.202. The van der Waals surface area contributed by atoms with Gasteiger partial charge in [0.25, 0.3) is 0 Å². The Hall–Kier alpha value is -1.77. The van der Waals surface area contributed by atoms with Gasteiger partial charge in [0.1, 0.15) is 5.75 Å². The molecule has 1 aromatic rings. The summed E-state index contributed by atoms with van der Waals surface area (Å²) in [6, 6.07) is 9.37. The summed E-state index contributed by atoms with van der Waals surface area (Å²) in [5.74, 6) is 0.392. The highest BCUT2D eigenvalue weighted by atomic mass is 16.7. The second kappa shape index (κ2) is 12.6. The second-order valence-corrected chi connectivity index (χ2v) is 6.20. The van der Waals surface area contributed by atoms with Crippen LogP contribution in [0.25, 0.3) is 0 Å². The van der Waals surface area contributed by atoms with Crippen LogP contribution in [0, 0.1) is 0 Å². The molecule has 0 aliphatic rings. The Labute approximate surface area is 147 Å². The highest BCUT2D eigenvalue weighted by molar-refractivity contribution is 5.87.